The molecule has 0 unspecified atom stereocenters. The molecule has 3 rings (SSSR count). The molecule has 0 spiro atoms. The van der Waals surface area contributed by atoms with Crippen molar-refractivity contribution in [2.24, 2.45) is 7.05 Å². The highest BCUT2D eigenvalue weighted by Crippen LogP contribution is 2.13. The van der Waals surface area contributed by atoms with Gasteiger partial charge in [0, 0.05) is 24.6 Å². The van der Waals surface area contributed by atoms with E-state index in [2.05, 4.69) is 26.1 Å². The lowest BCUT2D eigenvalue weighted by Crippen LogP contribution is -2.04. The highest BCUT2D eigenvalue weighted by Gasteiger charge is 1.99. The summed E-state index contributed by atoms with van der Waals surface area (Å²) >= 11 is 0. The fraction of sp³-hybridized carbons (Fsp3) is 0.143. The van der Waals surface area contributed by atoms with Crippen molar-refractivity contribution in [1.82, 2.24) is 19.6 Å². The number of hydrogen-bond acceptors (Lipinski definition) is 3. The summed E-state index contributed by atoms with van der Waals surface area (Å²) < 4.78 is 2.11. The second kappa shape index (κ2) is 4.97. The van der Waals surface area contributed by atoms with Crippen molar-refractivity contribution in [2.75, 3.05) is 5.32 Å². The van der Waals surface area contributed by atoms with E-state index in [0.717, 1.165) is 17.9 Å². The molecule has 3 aromatic rings. The minimum absolute atomic E-state index is 0.808. The monoisotopic (exact) mass is 253 g/mol. The Morgan fingerprint density at radius 2 is 1.79 bits per heavy atom. The zero-order valence-electron chi connectivity index (χ0n) is 10.7. The first kappa shape index (κ1) is 11.5. The van der Waals surface area contributed by atoms with Crippen LogP contribution in [0.4, 0.5) is 5.69 Å². The summed E-state index contributed by atoms with van der Waals surface area (Å²) in [7, 11) is 2.05. The lowest BCUT2D eigenvalue weighted by molar-refractivity contribution is 0.752. The Morgan fingerprint density at radius 1 is 1.05 bits per heavy atom. The van der Waals surface area contributed by atoms with E-state index in [1.807, 2.05) is 43.6 Å². The lowest BCUT2D eigenvalue weighted by atomic mass is 10.3. The number of aryl methyl sites for hydroxylation is 1. The third-order valence-corrected chi connectivity index (χ3v) is 3.04. The van der Waals surface area contributed by atoms with E-state index < -0.39 is 0 Å². The van der Waals surface area contributed by atoms with E-state index in [1.54, 1.807) is 17.2 Å². The Bertz CT molecular complexity index is 637. The van der Waals surface area contributed by atoms with Crippen LogP contribution in [0.15, 0.2) is 55.0 Å². The molecule has 0 aliphatic rings. The van der Waals surface area contributed by atoms with Gasteiger partial charge >= 0.3 is 0 Å². The van der Waals surface area contributed by atoms with Crippen molar-refractivity contribution in [3.63, 3.8) is 0 Å². The van der Waals surface area contributed by atoms with Gasteiger partial charge in [-0.2, -0.15) is 15.0 Å². The molecule has 0 aliphatic carbocycles. The summed E-state index contributed by atoms with van der Waals surface area (Å²) in [5.74, 6) is 0. The van der Waals surface area contributed by atoms with Crippen LogP contribution >= 0.6 is 0 Å². The van der Waals surface area contributed by atoms with Crippen LogP contribution in [0.5, 0.6) is 0 Å². The minimum Gasteiger partial charge on any atom is -0.379 e. The Balaban J connectivity index is 1.68. The molecule has 1 aromatic carbocycles. The zero-order valence-corrected chi connectivity index (χ0v) is 10.7. The van der Waals surface area contributed by atoms with Gasteiger partial charge in [0.2, 0.25) is 0 Å². The maximum absolute atomic E-state index is 4.10. The summed E-state index contributed by atoms with van der Waals surface area (Å²) in [6.45, 7) is 0.808. The van der Waals surface area contributed by atoms with E-state index in [9.17, 15) is 0 Å². The molecule has 5 nitrogen and oxygen atoms in total. The summed E-state index contributed by atoms with van der Waals surface area (Å²) in [5, 5.41) is 11.6. The molecule has 0 aliphatic heterocycles. The molecule has 0 radical (unpaired) electrons. The fourth-order valence-electron chi connectivity index (χ4n) is 1.93. The van der Waals surface area contributed by atoms with Crippen LogP contribution in [0.25, 0.3) is 5.69 Å². The Labute approximate surface area is 111 Å². The van der Waals surface area contributed by atoms with Gasteiger partial charge in [0.1, 0.15) is 0 Å². The predicted molar refractivity (Wildman–Crippen MR) is 74.1 cm³/mol. The molecule has 0 saturated carbocycles. The molecular formula is C14H15N5. The number of nitrogens with one attached hydrogen (secondary N) is 1. The van der Waals surface area contributed by atoms with Crippen LogP contribution < -0.4 is 5.32 Å². The van der Waals surface area contributed by atoms with E-state index >= 15 is 0 Å². The number of benzene rings is 1. The van der Waals surface area contributed by atoms with Gasteiger partial charge in [0.05, 0.1) is 24.6 Å². The van der Waals surface area contributed by atoms with Crippen molar-refractivity contribution in [3.8, 4) is 5.69 Å². The number of rotatable bonds is 4. The number of hydrogen-bond donors (Lipinski definition) is 1. The van der Waals surface area contributed by atoms with Gasteiger partial charge < -0.3 is 9.88 Å². The Kier molecular flexibility index (Phi) is 3.02. The topological polar surface area (TPSA) is 47.7 Å². The molecule has 2 heterocycles. The van der Waals surface area contributed by atoms with Gasteiger partial charge in [-0.3, -0.25) is 0 Å². The van der Waals surface area contributed by atoms with Crippen LogP contribution in [-0.4, -0.2) is 19.6 Å². The maximum Gasteiger partial charge on any atom is 0.0858 e. The molecule has 0 amide bonds. The highest BCUT2D eigenvalue weighted by atomic mass is 15.5. The van der Waals surface area contributed by atoms with Gasteiger partial charge in [0.15, 0.2) is 0 Å². The second-order valence-corrected chi connectivity index (χ2v) is 4.33. The van der Waals surface area contributed by atoms with Crippen molar-refractivity contribution < 1.29 is 0 Å². The van der Waals surface area contributed by atoms with Gasteiger partial charge in [-0.05, 0) is 36.4 Å². The molecule has 19 heavy (non-hydrogen) atoms. The summed E-state index contributed by atoms with van der Waals surface area (Å²) in [6, 6.07) is 12.2. The van der Waals surface area contributed by atoms with Crippen LogP contribution in [-0.2, 0) is 13.6 Å². The van der Waals surface area contributed by atoms with Crippen molar-refractivity contribution in [1.29, 1.82) is 0 Å². The maximum atomic E-state index is 4.10. The summed E-state index contributed by atoms with van der Waals surface area (Å²) in [6.07, 6.45) is 5.38. The first-order valence-electron chi connectivity index (χ1n) is 6.14. The third kappa shape index (κ3) is 2.49. The van der Waals surface area contributed by atoms with E-state index in [1.165, 1.54) is 5.69 Å². The fourth-order valence-corrected chi connectivity index (χ4v) is 1.93. The van der Waals surface area contributed by atoms with E-state index in [0.29, 0.717) is 0 Å². The molecule has 5 heteroatoms. The van der Waals surface area contributed by atoms with Crippen LogP contribution in [0.3, 0.4) is 0 Å². The van der Waals surface area contributed by atoms with Gasteiger partial charge in [-0.15, -0.1) is 0 Å². The smallest absolute Gasteiger partial charge is 0.0858 e. The van der Waals surface area contributed by atoms with Gasteiger partial charge in [0.25, 0.3) is 0 Å². The van der Waals surface area contributed by atoms with Crippen LogP contribution in [0.1, 0.15) is 5.69 Å². The van der Waals surface area contributed by atoms with Crippen molar-refractivity contribution in [2.45, 2.75) is 6.54 Å². The van der Waals surface area contributed by atoms with E-state index in [-0.39, 0.29) is 0 Å². The first-order chi connectivity index (χ1) is 9.33. The highest BCUT2D eigenvalue weighted by molar-refractivity contribution is 5.48. The largest absolute Gasteiger partial charge is 0.379 e. The van der Waals surface area contributed by atoms with Crippen LogP contribution in [0, 0.1) is 0 Å². The molecule has 0 fully saturated rings. The molecule has 0 saturated heterocycles. The predicted octanol–water partition coefficient (Wildman–Crippen LogP) is 2.22. The lowest BCUT2D eigenvalue weighted by Gasteiger charge is -2.08. The molecule has 0 atom stereocenters. The van der Waals surface area contributed by atoms with Gasteiger partial charge in [-0.25, -0.2) is 0 Å². The normalized spacial score (nSPS) is 10.6. The van der Waals surface area contributed by atoms with Crippen molar-refractivity contribution in [3.05, 3.63) is 60.7 Å². The zero-order chi connectivity index (χ0) is 13.1. The molecule has 0 bridgehead atoms. The number of aromatic nitrogens is 4. The van der Waals surface area contributed by atoms with Crippen LogP contribution in [0.2, 0.25) is 0 Å². The molecular weight excluding hydrogens is 238 g/mol. The average molecular weight is 253 g/mol. The Morgan fingerprint density at radius 3 is 2.42 bits per heavy atom. The minimum atomic E-state index is 0.808. The Hall–Kier alpha value is -2.56. The standard InChI is InChI=1S/C14H15N5/c1-18-10-2-3-14(18)11-15-12-4-6-13(7-5-12)19-16-8-9-17-19/h2-10,15H,11H2,1H3. The SMILES string of the molecule is Cn1cccc1CNc1ccc(-n2nccn2)cc1. The third-order valence-electron chi connectivity index (χ3n) is 3.04. The number of anilines is 1. The molecule has 96 valence electrons. The summed E-state index contributed by atoms with van der Waals surface area (Å²) in [4.78, 5) is 1.60. The summed E-state index contributed by atoms with van der Waals surface area (Å²) in [5.41, 5.74) is 3.28. The molecule has 1 N–H and O–H groups in total. The van der Waals surface area contributed by atoms with Gasteiger partial charge in [-0.1, -0.05) is 0 Å². The second-order valence-electron chi connectivity index (χ2n) is 4.33. The first-order valence-corrected chi connectivity index (χ1v) is 6.14. The quantitative estimate of drug-likeness (QED) is 0.775. The average Bonchev–Trinajstić information content (AvgIpc) is 3.09. The van der Waals surface area contributed by atoms with E-state index in [4.69, 9.17) is 0 Å². The van der Waals surface area contributed by atoms with Crippen molar-refractivity contribution >= 4 is 5.69 Å². The molecule has 2 aromatic heterocycles. The number of nitrogens with zero attached hydrogens (tertiary/aromatic N) is 4.